The zero-order valence-corrected chi connectivity index (χ0v) is 21.9. The summed E-state index contributed by atoms with van der Waals surface area (Å²) in [6.07, 6.45) is 1.68. The van der Waals surface area contributed by atoms with Gasteiger partial charge in [-0.25, -0.2) is 4.99 Å². The third kappa shape index (κ3) is 4.34. The number of hydrogen-bond donors (Lipinski definition) is 0. The van der Waals surface area contributed by atoms with Crippen molar-refractivity contribution in [3.8, 4) is 17.1 Å². The Bertz CT molecular complexity index is 1710. The lowest BCUT2D eigenvalue weighted by Gasteiger charge is -2.24. The third-order valence-electron chi connectivity index (χ3n) is 5.94. The number of benzene rings is 2. The summed E-state index contributed by atoms with van der Waals surface area (Å²) in [5, 5.41) is 0.885. The van der Waals surface area contributed by atoms with Crippen molar-refractivity contribution in [1.29, 1.82) is 0 Å². The summed E-state index contributed by atoms with van der Waals surface area (Å²) >= 11 is 13.4. The minimum atomic E-state index is -0.588. The normalized spacial score (nSPS) is 15.6. The van der Waals surface area contributed by atoms with E-state index in [9.17, 15) is 9.59 Å². The number of methoxy groups -OCH3 is 1. The quantitative estimate of drug-likeness (QED) is 0.341. The molecule has 0 N–H and O–H groups in total. The molecule has 0 saturated carbocycles. The number of nitrogens with zero attached hydrogens (tertiary/aromatic N) is 2. The highest BCUT2D eigenvalue weighted by atomic mass is 35.5. The molecule has 3 heterocycles. The van der Waals surface area contributed by atoms with E-state index in [-0.39, 0.29) is 11.3 Å². The highest BCUT2D eigenvalue weighted by Gasteiger charge is 2.30. The summed E-state index contributed by atoms with van der Waals surface area (Å²) in [5.74, 6) is 1.65. The van der Waals surface area contributed by atoms with Gasteiger partial charge in [0.15, 0.2) is 10.6 Å². The van der Waals surface area contributed by atoms with Gasteiger partial charge in [-0.15, -0.1) is 0 Å². The molecule has 9 heteroatoms. The van der Waals surface area contributed by atoms with E-state index in [1.165, 1.54) is 18.3 Å². The molecular weight excluding hydrogens is 519 g/mol. The maximum absolute atomic E-state index is 13.6. The van der Waals surface area contributed by atoms with Crippen LogP contribution in [0.15, 0.2) is 80.1 Å². The molecule has 6 nitrogen and oxygen atoms in total. The van der Waals surface area contributed by atoms with Gasteiger partial charge >= 0.3 is 0 Å². The highest BCUT2D eigenvalue weighted by Crippen LogP contribution is 2.32. The zero-order valence-electron chi connectivity index (χ0n) is 19.5. The maximum atomic E-state index is 13.6. The number of hydrogen-bond acceptors (Lipinski definition) is 6. The second kappa shape index (κ2) is 9.58. The van der Waals surface area contributed by atoms with E-state index in [4.69, 9.17) is 32.4 Å². The molecule has 36 heavy (non-hydrogen) atoms. The molecule has 1 aliphatic rings. The smallest absolute Gasteiger partial charge is 0.271 e. The van der Waals surface area contributed by atoms with E-state index in [1.807, 2.05) is 30.3 Å². The van der Waals surface area contributed by atoms with Crippen molar-refractivity contribution in [2.75, 3.05) is 7.11 Å². The molecule has 2 aromatic heterocycles. The monoisotopic (exact) mass is 538 g/mol. The summed E-state index contributed by atoms with van der Waals surface area (Å²) in [7, 11) is 1.59. The van der Waals surface area contributed by atoms with E-state index in [0.717, 1.165) is 11.1 Å². The summed E-state index contributed by atoms with van der Waals surface area (Å²) in [6.45, 7) is 3.29. The molecule has 4 aromatic rings. The van der Waals surface area contributed by atoms with Gasteiger partial charge in [0, 0.05) is 22.9 Å². The lowest BCUT2D eigenvalue weighted by molar-refractivity contribution is -0.114. The number of aromatic nitrogens is 1. The number of thiazole rings is 1. The van der Waals surface area contributed by atoms with Crippen molar-refractivity contribution in [1.82, 2.24) is 4.57 Å². The Balaban J connectivity index is 1.62. The Morgan fingerprint density at radius 1 is 1.11 bits per heavy atom. The first-order valence-corrected chi connectivity index (χ1v) is 12.6. The van der Waals surface area contributed by atoms with Crippen LogP contribution < -0.4 is 19.6 Å². The molecule has 2 aromatic carbocycles. The van der Waals surface area contributed by atoms with Crippen LogP contribution in [0.1, 0.15) is 31.2 Å². The van der Waals surface area contributed by atoms with E-state index < -0.39 is 6.04 Å². The number of carbonyl (C=O) groups excluding carboxylic acids is 1. The lowest BCUT2D eigenvalue weighted by atomic mass is 9.93. The Morgan fingerprint density at radius 3 is 2.53 bits per heavy atom. The SMILES string of the molecule is COc1ccc(C2C(C(C)=O)=C(C)N=c3s/c(=C/c4ccc(-c5ccc(Cl)c(Cl)c5)o4)c(=O)n32)cc1. The lowest BCUT2D eigenvalue weighted by Crippen LogP contribution is -2.39. The molecule has 5 rings (SSSR count). The van der Waals surface area contributed by atoms with Crippen molar-refractivity contribution in [3.63, 3.8) is 0 Å². The van der Waals surface area contributed by atoms with Crippen LogP contribution in [0, 0.1) is 0 Å². The number of fused-ring (bicyclic) bond motifs is 1. The van der Waals surface area contributed by atoms with Gasteiger partial charge in [0.2, 0.25) is 0 Å². The number of Topliss-reactive ketones (excluding diaryl/α,β-unsaturated/α-hetero) is 1. The van der Waals surface area contributed by atoms with Crippen molar-refractivity contribution in [3.05, 3.63) is 107 Å². The van der Waals surface area contributed by atoms with Crippen molar-refractivity contribution < 1.29 is 13.9 Å². The minimum Gasteiger partial charge on any atom is -0.497 e. The number of allylic oxidation sites excluding steroid dienone is 2. The summed E-state index contributed by atoms with van der Waals surface area (Å²) in [6, 6.07) is 15.6. The fourth-order valence-corrected chi connectivity index (χ4v) is 5.56. The van der Waals surface area contributed by atoms with Crippen LogP contribution in [0.3, 0.4) is 0 Å². The van der Waals surface area contributed by atoms with Crippen LogP contribution >= 0.6 is 34.5 Å². The third-order valence-corrected chi connectivity index (χ3v) is 7.66. The number of halogens is 2. The molecule has 0 amide bonds. The highest BCUT2D eigenvalue weighted by molar-refractivity contribution is 7.07. The van der Waals surface area contributed by atoms with Gasteiger partial charge in [-0.2, -0.15) is 0 Å². The van der Waals surface area contributed by atoms with Crippen LogP contribution in [-0.2, 0) is 4.79 Å². The Kier molecular flexibility index (Phi) is 6.47. The molecule has 0 bridgehead atoms. The molecule has 0 radical (unpaired) electrons. The first kappa shape index (κ1) is 24.3. The molecule has 182 valence electrons. The van der Waals surface area contributed by atoms with Gasteiger partial charge < -0.3 is 9.15 Å². The largest absolute Gasteiger partial charge is 0.497 e. The van der Waals surface area contributed by atoms with Crippen molar-refractivity contribution >= 4 is 46.4 Å². The molecule has 0 spiro atoms. The Labute approximate surface area is 220 Å². The van der Waals surface area contributed by atoms with Crippen LogP contribution in [0.4, 0.5) is 0 Å². The number of ketones is 1. The van der Waals surface area contributed by atoms with Crippen LogP contribution in [-0.4, -0.2) is 17.5 Å². The van der Waals surface area contributed by atoms with Crippen LogP contribution in [0.25, 0.3) is 17.4 Å². The van der Waals surface area contributed by atoms with Gasteiger partial charge in [0.05, 0.1) is 27.7 Å². The first-order valence-electron chi connectivity index (χ1n) is 11.0. The average molecular weight is 539 g/mol. The molecule has 0 saturated heterocycles. The van der Waals surface area contributed by atoms with Gasteiger partial charge in [-0.05, 0) is 61.9 Å². The number of carbonyl (C=O) groups is 1. The van der Waals surface area contributed by atoms with E-state index in [2.05, 4.69) is 4.99 Å². The molecular formula is C27H20Cl2N2O4S. The topological polar surface area (TPSA) is 73.8 Å². The van der Waals surface area contributed by atoms with E-state index in [0.29, 0.717) is 47.9 Å². The predicted octanol–water partition coefficient (Wildman–Crippen LogP) is 5.40. The van der Waals surface area contributed by atoms with Crippen LogP contribution in [0.5, 0.6) is 5.75 Å². The average Bonchev–Trinajstić information content (AvgIpc) is 3.44. The van der Waals surface area contributed by atoms with Gasteiger partial charge in [0.25, 0.3) is 5.56 Å². The second-order valence-corrected chi connectivity index (χ2v) is 10.1. The maximum Gasteiger partial charge on any atom is 0.271 e. The first-order chi connectivity index (χ1) is 17.3. The van der Waals surface area contributed by atoms with E-state index in [1.54, 1.807) is 48.9 Å². The number of ether oxygens (including phenoxy) is 1. The van der Waals surface area contributed by atoms with Gasteiger partial charge in [-0.1, -0.05) is 46.7 Å². The van der Waals surface area contributed by atoms with E-state index >= 15 is 0 Å². The number of rotatable bonds is 5. The van der Waals surface area contributed by atoms with Crippen molar-refractivity contribution in [2.24, 2.45) is 4.99 Å². The van der Waals surface area contributed by atoms with Gasteiger partial charge in [-0.3, -0.25) is 14.2 Å². The summed E-state index contributed by atoms with van der Waals surface area (Å²) in [4.78, 5) is 31.3. The Hall–Kier alpha value is -3.39. The molecule has 0 aliphatic carbocycles. The van der Waals surface area contributed by atoms with Crippen molar-refractivity contribution in [2.45, 2.75) is 19.9 Å². The van der Waals surface area contributed by atoms with Crippen LogP contribution in [0.2, 0.25) is 10.0 Å². The Morgan fingerprint density at radius 2 is 1.86 bits per heavy atom. The molecule has 0 fully saturated rings. The fourth-order valence-electron chi connectivity index (χ4n) is 4.24. The summed E-state index contributed by atoms with van der Waals surface area (Å²) in [5.41, 5.74) is 2.39. The van der Waals surface area contributed by atoms with Gasteiger partial charge in [0.1, 0.15) is 17.3 Å². The molecule has 1 atom stereocenters. The molecule has 1 unspecified atom stereocenters. The fraction of sp³-hybridized carbons (Fsp3) is 0.148. The predicted molar refractivity (Wildman–Crippen MR) is 142 cm³/mol. The zero-order chi connectivity index (χ0) is 25.6. The summed E-state index contributed by atoms with van der Waals surface area (Å²) < 4.78 is 13.3. The standard InChI is InChI=1S/C27H20Cl2N2O4S/c1-14-24(15(2)32)25(16-4-7-18(34-3)8-5-16)31-26(33)23(36-27(31)30-14)13-19-9-11-22(35-19)17-6-10-20(28)21(29)12-17/h4-13,25H,1-3H3/b23-13+. The minimum absolute atomic E-state index is 0.136. The molecule has 1 aliphatic heterocycles. The number of furan rings is 1. The second-order valence-electron chi connectivity index (χ2n) is 8.24.